The molecule has 3 aromatic rings. The topological polar surface area (TPSA) is 34.6 Å². The summed E-state index contributed by atoms with van der Waals surface area (Å²) in [7, 11) is 0. The summed E-state index contributed by atoms with van der Waals surface area (Å²) in [6, 6.07) is 23.2. The molecule has 0 N–H and O–H groups in total. The first kappa shape index (κ1) is 21.4. The molecular formula is C27H32N2O2. The highest BCUT2D eigenvalue weighted by molar-refractivity contribution is 5.70. The molecule has 2 heterocycles. The maximum atomic E-state index is 6.12. The summed E-state index contributed by atoms with van der Waals surface area (Å²) in [5, 5.41) is 0. The van der Waals surface area contributed by atoms with Crippen molar-refractivity contribution in [2.24, 2.45) is 5.92 Å². The van der Waals surface area contributed by atoms with Crippen LogP contribution in [0.25, 0.3) is 11.1 Å². The molecular weight excluding hydrogens is 384 g/mol. The van der Waals surface area contributed by atoms with Gasteiger partial charge >= 0.3 is 0 Å². The molecule has 1 aliphatic heterocycles. The average molecular weight is 417 g/mol. The molecule has 1 aromatic heterocycles. The highest BCUT2D eigenvalue weighted by Crippen LogP contribution is 2.32. The molecule has 1 saturated heterocycles. The van der Waals surface area contributed by atoms with Crippen LogP contribution < -0.4 is 9.64 Å². The number of piperidine rings is 1. The van der Waals surface area contributed by atoms with Crippen LogP contribution in [0.15, 0.2) is 66.7 Å². The van der Waals surface area contributed by atoms with E-state index in [-0.39, 0.29) is 0 Å². The van der Waals surface area contributed by atoms with Crippen LogP contribution in [0, 0.1) is 12.8 Å². The number of anilines is 1. The van der Waals surface area contributed by atoms with Crippen molar-refractivity contribution < 1.29 is 9.47 Å². The van der Waals surface area contributed by atoms with Crippen LogP contribution in [-0.2, 0) is 11.3 Å². The quantitative estimate of drug-likeness (QED) is 0.459. The second kappa shape index (κ2) is 10.5. The van der Waals surface area contributed by atoms with Gasteiger partial charge in [0.2, 0.25) is 5.88 Å². The van der Waals surface area contributed by atoms with Gasteiger partial charge in [0.05, 0.1) is 0 Å². The van der Waals surface area contributed by atoms with Gasteiger partial charge in [-0.2, -0.15) is 0 Å². The number of hydrogen-bond donors (Lipinski definition) is 0. The molecule has 0 spiro atoms. The van der Waals surface area contributed by atoms with Crippen molar-refractivity contribution in [3.63, 3.8) is 0 Å². The molecule has 1 fully saturated rings. The second-order valence-electron chi connectivity index (χ2n) is 8.22. The van der Waals surface area contributed by atoms with Crippen LogP contribution in [0.2, 0.25) is 0 Å². The standard InChI is InChI=1S/C27H32N2O2/c1-3-30-19-23-15-17-29(18-16-23)25-12-10-24(11-13-25)26-14-9-21(2)28-27(26)31-20-22-7-5-4-6-8-22/h4-14,23H,3,15-20H2,1-2H3. The largest absolute Gasteiger partial charge is 0.472 e. The summed E-state index contributed by atoms with van der Waals surface area (Å²) in [6.07, 6.45) is 2.39. The van der Waals surface area contributed by atoms with Crippen LogP contribution in [0.1, 0.15) is 31.0 Å². The molecule has 1 aliphatic rings. The number of benzene rings is 2. The average Bonchev–Trinajstić information content (AvgIpc) is 2.83. The minimum atomic E-state index is 0.513. The van der Waals surface area contributed by atoms with E-state index in [0.29, 0.717) is 18.4 Å². The van der Waals surface area contributed by atoms with Gasteiger partial charge in [-0.15, -0.1) is 0 Å². The van der Waals surface area contributed by atoms with Crippen LogP contribution in [0.4, 0.5) is 5.69 Å². The highest BCUT2D eigenvalue weighted by Gasteiger charge is 2.19. The predicted molar refractivity (Wildman–Crippen MR) is 127 cm³/mol. The highest BCUT2D eigenvalue weighted by atomic mass is 16.5. The van der Waals surface area contributed by atoms with Crippen LogP contribution in [0.3, 0.4) is 0 Å². The fourth-order valence-corrected chi connectivity index (χ4v) is 4.08. The summed E-state index contributed by atoms with van der Waals surface area (Å²) in [5.41, 5.74) is 5.54. The molecule has 0 atom stereocenters. The number of aromatic nitrogens is 1. The Bertz CT molecular complexity index is 949. The number of aryl methyl sites for hydroxylation is 1. The Morgan fingerprint density at radius 2 is 1.68 bits per heavy atom. The number of hydrogen-bond acceptors (Lipinski definition) is 4. The molecule has 4 nitrogen and oxygen atoms in total. The molecule has 31 heavy (non-hydrogen) atoms. The normalized spacial score (nSPS) is 14.6. The zero-order valence-corrected chi connectivity index (χ0v) is 18.6. The van der Waals surface area contributed by atoms with E-state index < -0.39 is 0 Å². The van der Waals surface area contributed by atoms with E-state index in [1.54, 1.807) is 0 Å². The van der Waals surface area contributed by atoms with E-state index in [4.69, 9.17) is 9.47 Å². The first-order valence-corrected chi connectivity index (χ1v) is 11.3. The van der Waals surface area contributed by atoms with Crippen molar-refractivity contribution in [3.05, 3.63) is 78.0 Å². The maximum Gasteiger partial charge on any atom is 0.221 e. The molecule has 2 aromatic carbocycles. The second-order valence-corrected chi connectivity index (χ2v) is 8.22. The van der Waals surface area contributed by atoms with Crippen molar-refractivity contribution in [1.29, 1.82) is 0 Å². The van der Waals surface area contributed by atoms with Crippen molar-refractivity contribution in [3.8, 4) is 17.0 Å². The Hall–Kier alpha value is -2.85. The molecule has 0 saturated carbocycles. The third kappa shape index (κ3) is 5.65. The zero-order valence-electron chi connectivity index (χ0n) is 18.6. The fourth-order valence-electron chi connectivity index (χ4n) is 4.08. The van der Waals surface area contributed by atoms with Crippen LogP contribution in [-0.4, -0.2) is 31.3 Å². The van der Waals surface area contributed by atoms with E-state index in [9.17, 15) is 0 Å². The Kier molecular flexibility index (Phi) is 7.21. The van der Waals surface area contributed by atoms with Gasteiger partial charge in [0.25, 0.3) is 0 Å². The summed E-state index contributed by atoms with van der Waals surface area (Å²) in [5.74, 6) is 1.38. The van der Waals surface area contributed by atoms with Gasteiger partial charge in [0.15, 0.2) is 0 Å². The molecule has 0 unspecified atom stereocenters. The lowest BCUT2D eigenvalue weighted by Gasteiger charge is -2.33. The molecule has 0 bridgehead atoms. The summed E-state index contributed by atoms with van der Waals surface area (Å²) in [4.78, 5) is 7.14. The van der Waals surface area contributed by atoms with Crippen molar-refractivity contribution in [2.45, 2.75) is 33.3 Å². The van der Waals surface area contributed by atoms with Crippen LogP contribution in [0.5, 0.6) is 5.88 Å². The molecule has 0 radical (unpaired) electrons. The molecule has 4 heteroatoms. The summed E-state index contributed by atoms with van der Waals surface area (Å²) < 4.78 is 11.7. The SMILES string of the molecule is CCOCC1CCN(c2ccc(-c3ccc(C)nc3OCc3ccccc3)cc2)CC1. The number of pyridine rings is 1. The van der Waals surface area contributed by atoms with Gasteiger partial charge in [-0.05, 0) is 68.0 Å². The molecule has 162 valence electrons. The fraction of sp³-hybridized carbons (Fsp3) is 0.370. The lowest BCUT2D eigenvalue weighted by atomic mass is 9.97. The van der Waals surface area contributed by atoms with Crippen molar-refractivity contribution in [2.75, 3.05) is 31.2 Å². The number of nitrogens with zero attached hydrogens (tertiary/aromatic N) is 2. The van der Waals surface area contributed by atoms with E-state index in [1.165, 1.54) is 18.5 Å². The van der Waals surface area contributed by atoms with Crippen molar-refractivity contribution >= 4 is 5.69 Å². The van der Waals surface area contributed by atoms with E-state index in [0.717, 1.165) is 48.7 Å². The van der Waals surface area contributed by atoms with Gasteiger partial charge in [0, 0.05) is 43.2 Å². The predicted octanol–water partition coefficient (Wildman–Crippen LogP) is 5.89. The molecule has 4 rings (SSSR count). The zero-order chi connectivity index (χ0) is 21.5. The van der Waals surface area contributed by atoms with Gasteiger partial charge in [-0.25, -0.2) is 4.98 Å². The lowest BCUT2D eigenvalue weighted by molar-refractivity contribution is 0.100. The minimum Gasteiger partial charge on any atom is -0.472 e. The third-order valence-corrected chi connectivity index (χ3v) is 5.93. The van der Waals surface area contributed by atoms with Gasteiger partial charge in [-0.3, -0.25) is 0 Å². The van der Waals surface area contributed by atoms with Crippen molar-refractivity contribution in [1.82, 2.24) is 4.98 Å². The first-order valence-electron chi connectivity index (χ1n) is 11.3. The first-order chi connectivity index (χ1) is 15.2. The van der Waals surface area contributed by atoms with E-state index in [2.05, 4.69) is 59.3 Å². The van der Waals surface area contributed by atoms with Gasteiger partial charge in [0.1, 0.15) is 6.61 Å². The summed E-state index contributed by atoms with van der Waals surface area (Å²) >= 11 is 0. The number of rotatable bonds is 8. The lowest BCUT2D eigenvalue weighted by Crippen LogP contribution is -2.35. The maximum absolute atomic E-state index is 6.12. The monoisotopic (exact) mass is 416 g/mol. The van der Waals surface area contributed by atoms with Gasteiger partial charge in [-0.1, -0.05) is 42.5 Å². The Morgan fingerprint density at radius 3 is 2.39 bits per heavy atom. The van der Waals surface area contributed by atoms with E-state index in [1.807, 2.05) is 31.2 Å². The number of ether oxygens (including phenoxy) is 2. The Labute approximate surface area is 185 Å². The van der Waals surface area contributed by atoms with E-state index >= 15 is 0 Å². The minimum absolute atomic E-state index is 0.513. The summed E-state index contributed by atoms with van der Waals surface area (Å²) in [6.45, 7) is 8.47. The Balaban J connectivity index is 1.44. The van der Waals surface area contributed by atoms with Gasteiger partial charge < -0.3 is 14.4 Å². The third-order valence-electron chi connectivity index (χ3n) is 5.93. The molecule has 0 aliphatic carbocycles. The molecule has 0 amide bonds. The smallest absolute Gasteiger partial charge is 0.221 e. The van der Waals surface area contributed by atoms with Crippen LogP contribution >= 0.6 is 0 Å². The Morgan fingerprint density at radius 1 is 0.935 bits per heavy atom.